The third-order valence-corrected chi connectivity index (χ3v) is 11.9. The minimum absolute atomic E-state index is 0.0389. The molecule has 1 N–H and O–H groups in total. The standard InChI is InChI=1S/C27H44O3/c1-16-7-12-27(29-15-16)17(2)24-23(30-27)14-22-20-6-5-18-13-19(28)8-10-25(18,3)21(20)9-11-26(22,24)4/h16-24,28H,5-15H2,1-4H3/t16-,17+,18-,19-,20-,21+,22+,23+,24+,25-,26-,27-/m0/s1. The third kappa shape index (κ3) is 2.61. The van der Waals surface area contributed by atoms with Crippen molar-refractivity contribution in [1.29, 1.82) is 0 Å². The molecule has 6 rings (SSSR count). The summed E-state index contributed by atoms with van der Waals surface area (Å²) in [7, 11) is 0. The largest absolute Gasteiger partial charge is 0.393 e. The fourth-order valence-corrected chi connectivity index (χ4v) is 10.3. The first kappa shape index (κ1) is 20.5. The lowest BCUT2D eigenvalue weighted by molar-refractivity contribution is -0.273. The molecule has 0 radical (unpaired) electrons. The summed E-state index contributed by atoms with van der Waals surface area (Å²) in [5, 5.41) is 10.3. The van der Waals surface area contributed by atoms with Crippen molar-refractivity contribution in [2.24, 2.45) is 52.3 Å². The second-order valence-corrected chi connectivity index (χ2v) is 13.1. The van der Waals surface area contributed by atoms with Gasteiger partial charge in [-0.2, -0.15) is 0 Å². The minimum Gasteiger partial charge on any atom is -0.393 e. The van der Waals surface area contributed by atoms with Crippen molar-refractivity contribution < 1.29 is 14.6 Å². The molecule has 0 bridgehead atoms. The molecule has 0 amide bonds. The quantitative estimate of drug-likeness (QED) is 0.543. The molecular formula is C27H44O3. The van der Waals surface area contributed by atoms with Gasteiger partial charge < -0.3 is 14.6 Å². The minimum atomic E-state index is -0.282. The van der Waals surface area contributed by atoms with E-state index in [2.05, 4.69) is 27.7 Å². The summed E-state index contributed by atoms with van der Waals surface area (Å²) in [5.74, 6) is 4.93. The lowest BCUT2D eigenvalue weighted by atomic mass is 9.44. The molecule has 2 aliphatic heterocycles. The zero-order valence-corrected chi connectivity index (χ0v) is 19.7. The molecule has 2 heterocycles. The second-order valence-electron chi connectivity index (χ2n) is 13.1. The van der Waals surface area contributed by atoms with Crippen LogP contribution >= 0.6 is 0 Å². The first-order chi connectivity index (χ1) is 14.3. The maximum absolute atomic E-state index is 10.3. The number of rotatable bonds is 0. The highest BCUT2D eigenvalue weighted by molar-refractivity contribution is 5.15. The third-order valence-electron chi connectivity index (χ3n) is 11.9. The van der Waals surface area contributed by atoms with E-state index in [1.807, 2.05) is 0 Å². The molecule has 0 aromatic rings. The number of fused-ring (bicyclic) bond motifs is 7. The smallest absolute Gasteiger partial charge is 0.171 e. The van der Waals surface area contributed by atoms with Crippen molar-refractivity contribution in [2.75, 3.05) is 6.61 Å². The Balaban J connectivity index is 1.26. The monoisotopic (exact) mass is 416 g/mol. The van der Waals surface area contributed by atoms with Crippen molar-refractivity contribution in [3.63, 3.8) is 0 Å². The van der Waals surface area contributed by atoms with Gasteiger partial charge in [0.15, 0.2) is 5.79 Å². The van der Waals surface area contributed by atoms with Gasteiger partial charge in [-0.3, -0.25) is 0 Å². The Hall–Kier alpha value is -0.120. The summed E-state index contributed by atoms with van der Waals surface area (Å²) in [5.41, 5.74) is 0.899. The predicted molar refractivity (Wildman–Crippen MR) is 118 cm³/mol. The normalized spacial score (nSPS) is 62.5. The molecule has 3 heteroatoms. The number of hydrogen-bond acceptors (Lipinski definition) is 3. The Morgan fingerprint density at radius 3 is 2.40 bits per heavy atom. The van der Waals surface area contributed by atoms with Crippen molar-refractivity contribution in [2.45, 2.75) is 110 Å². The van der Waals surface area contributed by atoms with E-state index in [0.29, 0.717) is 34.7 Å². The summed E-state index contributed by atoms with van der Waals surface area (Å²) in [6.07, 6.45) is 12.9. The fraction of sp³-hybridized carbons (Fsp3) is 1.00. The van der Waals surface area contributed by atoms with E-state index in [0.717, 1.165) is 49.5 Å². The summed E-state index contributed by atoms with van der Waals surface area (Å²) < 4.78 is 13.4. The van der Waals surface area contributed by atoms with Crippen LogP contribution < -0.4 is 0 Å². The van der Waals surface area contributed by atoms with Gasteiger partial charge in [-0.15, -0.1) is 0 Å². The first-order valence-corrected chi connectivity index (χ1v) is 13.3. The molecule has 0 unspecified atom stereocenters. The highest BCUT2D eigenvalue weighted by Crippen LogP contribution is 2.71. The van der Waals surface area contributed by atoms with Crippen molar-refractivity contribution in [1.82, 2.24) is 0 Å². The zero-order chi connectivity index (χ0) is 20.9. The second kappa shape index (κ2) is 6.70. The van der Waals surface area contributed by atoms with E-state index in [-0.39, 0.29) is 11.9 Å². The van der Waals surface area contributed by atoms with Gasteiger partial charge in [-0.1, -0.05) is 27.7 Å². The van der Waals surface area contributed by atoms with Crippen LogP contribution in [0.25, 0.3) is 0 Å². The molecule has 4 aliphatic carbocycles. The summed E-state index contributed by atoms with van der Waals surface area (Å²) in [6.45, 7) is 10.9. The molecule has 4 saturated carbocycles. The number of hydrogen-bond donors (Lipinski definition) is 1. The number of aliphatic hydroxyl groups is 1. The number of ether oxygens (including phenoxy) is 2. The Bertz CT molecular complexity index is 684. The van der Waals surface area contributed by atoms with Crippen molar-refractivity contribution >= 4 is 0 Å². The molecule has 0 aromatic carbocycles. The van der Waals surface area contributed by atoms with E-state index < -0.39 is 0 Å². The van der Waals surface area contributed by atoms with E-state index in [4.69, 9.17) is 9.47 Å². The van der Waals surface area contributed by atoms with Gasteiger partial charge >= 0.3 is 0 Å². The Morgan fingerprint density at radius 2 is 1.63 bits per heavy atom. The molecule has 3 nitrogen and oxygen atoms in total. The van der Waals surface area contributed by atoms with Gasteiger partial charge in [-0.05, 0) is 104 Å². The molecule has 0 aromatic heterocycles. The van der Waals surface area contributed by atoms with Gasteiger partial charge in [0.25, 0.3) is 0 Å². The topological polar surface area (TPSA) is 38.7 Å². The van der Waals surface area contributed by atoms with Crippen LogP contribution in [-0.2, 0) is 9.47 Å². The highest BCUT2D eigenvalue weighted by Gasteiger charge is 2.69. The maximum atomic E-state index is 10.3. The van der Waals surface area contributed by atoms with Gasteiger partial charge in [0.2, 0.25) is 0 Å². The Labute approximate surface area is 183 Å². The molecular weight excluding hydrogens is 372 g/mol. The van der Waals surface area contributed by atoms with Crippen LogP contribution in [0, 0.1) is 52.3 Å². The molecule has 6 fully saturated rings. The van der Waals surface area contributed by atoms with Crippen LogP contribution in [0.3, 0.4) is 0 Å². The first-order valence-electron chi connectivity index (χ1n) is 13.3. The maximum Gasteiger partial charge on any atom is 0.171 e. The van der Waals surface area contributed by atoms with Gasteiger partial charge in [0.1, 0.15) is 0 Å². The lowest BCUT2D eigenvalue weighted by Crippen LogP contribution is -2.55. The van der Waals surface area contributed by atoms with Crippen molar-refractivity contribution in [3.8, 4) is 0 Å². The predicted octanol–water partition coefficient (Wildman–Crippen LogP) is 5.79. The zero-order valence-electron chi connectivity index (χ0n) is 19.7. The molecule has 6 aliphatic rings. The molecule has 170 valence electrons. The molecule has 30 heavy (non-hydrogen) atoms. The highest BCUT2D eigenvalue weighted by atomic mass is 16.7. The van der Waals surface area contributed by atoms with Crippen LogP contribution in [0.2, 0.25) is 0 Å². The van der Waals surface area contributed by atoms with Gasteiger partial charge in [-0.25, -0.2) is 0 Å². The van der Waals surface area contributed by atoms with E-state index in [9.17, 15) is 5.11 Å². The van der Waals surface area contributed by atoms with Crippen molar-refractivity contribution in [3.05, 3.63) is 0 Å². The molecule has 12 atom stereocenters. The van der Waals surface area contributed by atoms with E-state index in [1.165, 1.54) is 44.9 Å². The van der Waals surface area contributed by atoms with Crippen LogP contribution in [0.15, 0.2) is 0 Å². The molecule has 1 spiro atoms. The average molecular weight is 417 g/mol. The summed E-state index contributed by atoms with van der Waals surface area (Å²) in [6, 6.07) is 0. The fourth-order valence-electron chi connectivity index (χ4n) is 10.3. The van der Waals surface area contributed by atoms with Crippen LogP contribution in [0.5, 0.6) is 0 Å². The van der Waals surface area contributed by atoms with Crippen LogP contribution in [-0.4, -0.2) is 29.7 Å². The average Bonchev–Trinajstić information content (AvgIpc) is 3.16. The van der Waals surface area contributed by atoms with Gasteiger partial charge in [0, 0.05) is 12.3 Å². The SMILES string of the molecule is C[C@H]1CC[C@]2(OC1)O[C@@H]1C[C@@H]3[C@H]4CC[C@H]5C[C@@H](O)CC[C@]5(C)[C@@H]4CC[C@]3(C)[C@@H]1[C@H]2C. The summed E-state index contributed by atoms with van der Waals surface area (Å²) in [4.78, 5) is 0. The van der Waals surface area contributed by atoms with Crippen LogP contribution in [0.1, 0.15) is 91.9 Å². The Kier molecular flexibility index (Phi) is 4.58. The van der Waals surface area contributed by atoms with E-state index in [1.54, 1.807) is 0 Å². The van der Waals surface area contributed by atoms with E-state index >= 15 is 0 Å². The lowest BCUT2D eigenvalue weighted by Gasteiger charge is -2.61. The van der Waals surface area contributed by atoms with Gasteiger partial charge in [0.05, 0.1) is 18.8 Å². The number of aliphatic hydroxyl groups excluding tert-OH is 1. The Morgan fingerprint density at radius 1 is 0.833 bits per heavy atom. The van der Waals surface area contributed by atoms with Crippen LogP contribution in [0.4, 0.5) is 0 Å². The summed E-state index contributed by atoms with van der Waals surface area (Å²) >= 11 is 0. The molecule has 2 saturated heterocycles.